The second kappa shape index (κ2) is 11.2. The van der Waals surface area contributed by atoms with Gasteiger partial charge in [-0.3, -0.25) is 4.79 Å². The lowest BCUT2D eigenvalue weighted by Gasteiger charge is -2.12. The summed E-state index contributed by atoms with van der Waals surface area (Å²) in [6.45, 7) is 1.73. The van der Waals surface area contributed by atoms with Gasteiger partial charge in [-0.15, -0.1) is 0 Å². The van der Waals surface area contributed by atoms with Crippen molar-refractivity contribution in [2.24, 2.45) is 0 Å². The summed E-state index contributed by atoms with van der Waals surface area (Å²) in [5.74, 6) is 1.65. The molecule has 0 fully saturated rings. The molecule has 4 rings (SSSR count). The molecule has 33 heavy (non-hydrogen) atoms. The maximum atomic E-state index is 12.2. The average Bonchev–Trinajstić information content (AvgIpc) is 3.17. The number of carbonyl (C=O) groups excluding carboxylic acids is 1. The van der Waals surface area contributed by atoms with Crippen molar-refractivity contribution in [1.82, 2.24) is 14.9 Å². The number of nitrogens with one attached hydrogen (secondary N) is 1. The summed E-state index contributed by atoms with van der Waals surface area (Å²) in [5.41, 5.74) is 2.97. The Balaban J connectivity index is 1.32. The maximum Gasteiger partial charge on any atom is 0.224 e. The molecular formula is C26H25Cl2N3O2. The van der Waals surface area contributed by atoms with Crippen LogP contribution in [0.2, 0.25) is 10.0 Å². The Labute approximate surface area is 203 Å². The third-order valence-electron chi connectivity index (χ3n) is 5.32. The van der Waals surface area contributed by atoms with E-state index in [1.165, 1.54) is 0 Å². The smallest absolute Gasteiger partial charge is 0.224 e. The van der Waals surface area contributed by atoms with Crippen LogP contribution in [0.3, 0.4) is 0 Å². The molecule has 0 aliphatic heterocycles. The zero-order chi connectivity index (χ0) is 23.0. The Morgan fingerprint density at radius 2 is 1.73 bits per heavy atom. The predicted octanol–water partition coefficient (Wildman–Crippen LogP) is 5.71. The largest absolute Gasteiger partial charge is 0.490 e. The monoisotopic (exact) mass is 481 g/mol. The Bertz CT molecular complexity index is 1220. The van der Waals surface area contributed by atoms with Gasteiger partial charge in [-0.25, -0.2) is 4.98 Å². The minimum Gasteiger partial charge on any atom is -0.490 e. The molecule has 0 bridgehead atoms. The van der Waals surface area contributed by atoms with Crippen molar-refractivity contribution in [2.45, 2.75) is 25.8 Å². The van der Waals surface area contributed by atoms with Crippen LogP contribution in [0.4, 0.5) is 0 Å². The quantitative estimate of drug-likeness (QED) is 0.295. The van der Waals surface area contributed by atoms with Crippen molar-refractivity contribution in [3.05, 3.63) is 94.2 Å². The van der Waals surface area contributed by atoms with Gasteiger partial charge in [-0.05, 0) is 48.4 Å². The third-order valence-corrected chi connectivity index (χ3v) is 5.88. The molecule has 1 N–H and O–H groups in total. The van der Waals surface area contributed by atoms with Gasteiger partial charge in [0.2, 0.25) is 5.91 Å². The molecule has 0 aliphatic rings. The number of fused-ring (bicyclic) bond motifs is 1. The molecule has 170 valence electrons. The number of nitrogens with zero attached hydrogens (tertiary/aromatic N) is 2. The average molecular weight is 482 g/mol. The number of carbonyl (C=O) groups is 1. The van der Waals surface area contributed by atoms with E-state index < -0.39 is 0 Å². The highest BCUT2D eigenvalue weighted by molar-refractivity contribution is 6.32. The molecule has 0 unspecified atom stereocenters. The summed E-state index contributed by atoms with van der Waals surface area (Å²) >= 11 is 12.1. The topological polar surface area (TPSA) is 56.2 Å². The number of ether oxygens (including phenoxy) is 1. The predicted molar refractivity (Wildman–Crippen MR) is 133 cm³/mol. The van der Waals surface area contributed by atoms with E-state index in [0.717, 1.165) is 35.3 Å². The number of aromatic nitrogens is 2. The Morgan fingerprint density at radius 3 is 2.55 bits per heavy atom. The normalized spacial score (nSPS) is 11.0. The molecule has 5 nitrogen and oxygen atoms in total. The molecule has 1 heterocycles. The van der Waals surface area contributed by atoms with E-state index in [2.05, 4.69) is 16.0 Å². The number of para-hydroxylation sites is 3. The maximum absolute atomic E-state index is 12.2. The van der Waals surface area contributed by atoms with Crippen LogP contribution in [0, 0.1) is 0 Å². The lowest BCUT2D eigenvalue weighted by molar-refractivity contribution is -0.120. The van der Waals surface area contributed by atoms with Crippen molar-refractivity contribution in [2.75, 3.05) is 13.2 Å². The van der Waals surface area contributed by atoms with Gasteiger partial charge in [0.05, 0.1) is 29.0 Å². The molecule has 1 aromatic heterocycles. The van der Waals surface area contributed by atoms with Crippen LogP contribution >= 0.6 is 23.2 Å². The zero-order valence-electron chi connectivity index (χ0n) is 18.1. The number of benzene rings is 3. The number of halogens is 2. The van der Waals surface area contributed by atoms with Gasteiger partial charge in [-0.1, -0.05) is 59.6 Å². The lowest BCUT2D eigenvalue weighted by Crippen LogP contribution is -2.26. The zero-order valence-corrected chi connectivity index (χ0v) is 19.6. The van der Waals surface area contributed by atoms with Gasteiger partial charge < -0.3 is 14.6 Å². The van der Waals surface area contributed by atoms with E-state index in [-0.39, 0.29) is 5.91 Å². The van der Waals surface area contributed by atoms with E-state index in [1.54, 1.807) is 12.1 Å². The highest BCUT2D eigenvalue weighted by Gasteiger charge is 2.11. The fourth-order valence-corrected chi connectivity index (χ4v) is 4.02. The molecule has 7 heteroatoms. The second-order valence-electron chi connectivity index (χ2n) is 7.70. The van der Waals surface area contributed by atoms with E-state index in [1.807, 2.05) is 54.6 Å². The van der Waals surface area contributed by atoms with Crippen LogP contribution in [0.15, 0.2) is 72.8 Å². The van der Waals surface area contributed by atoms with Gasteiger partial charge in [0.25, 0.3) is 0 Å². The van der Waals surface area contributed by atoms with Gasteiger partial charge in [0.1, 0.15) is 18.2 Å². The van der Waals surface area contributed by atoms with Crippen LogP contribution in [0.25, 0.3) is 11.0 Å². The summed E-state index contributed by atoms with van der Waals surface area (Å²) in [6.07, 6.45) is 1.89. The first kappa shape index (κ1) is 23.1. The van der Waals surface area contributed by atoms with Gasteiger partial charge >= 0.3 is 0 Å². The molecule has 0 aliphatic carbocycles. The number of hydrogen-bond donors (Lipinski definition) is 1. The standard InChI is InChI=1S/C26H25Cl2N3O2/c27-20-13-11-19(12-14-20)18-26(32)29-15-5-10-25-30-22-7-2-3-8-23(22)31(25)16-17-33-24-9-4-1-6-21(24)28/h1-4,6-9,11-14H,5,10,15-18H2,(H,29,32). The van der Waals surface area contributed by atoms with Crippen LogP contribution in [0.1, 0.15) is 17.8 Å². The number of amides is 1. The highest BCUT2D eigenvalue weighted by Crippen LogP contribution is 2.23. The van der Waals surface area contributed by atoms with Crippen molar-refractivity contribution >= 4 is 40.1 Å². The van der Waals surface area contributed by atoms with E-state index in [9.17, 15) is 4.79 Å². The molecular weight excluding hydrogens is 457 g/mol. The summed E-state index contributed by atoms with van der Waals surface area (Å²) in [5, 5.41) is 4.26. The minimum absolute atomic E-state index is 0.000958. The SMILES string of the molecule is O=C(Cc1ccc(Cl)cc1)NCCCc1nc2ccccc2n1CCOc1ccccc1Cl. The van der Waals surface area contributed by atoms with Crippen LogP contribution in [0.5, 0.6) is 5.75 Å². The van der Waals surface area contributed by atoms with Gasteiger partial charge in [0.15, 0.2) is 0 Å². The Kier molecular flexibility index (Phi) is 7.87. The Morgan fingerprint density at radius 1 is 0.970 bits per heavy atom. The van der Waals surface area contributed by atoms with Crippen LogP contribution in [-0.4, -0.2) is 28.6 Å². The first-order chi connectivity index (χ1) is 16.1. The molecule has 3 aromatic carbocycles. The first-order valence-corrected chi connectivity index (χ1v) is 11.7. The number of rotatable bonds is 10. The number of hydrogen-bond acceptors (Lipinski definition) is 3. The fourth-order valence-electron chi connectivity index (χ4n) is 3.70. The summed E-state index contributed by atoms with van der Waals surface area (Å²) < 4.78 is 8.07. The summed E-state index contributed by atoms with van der Waals surface area (Å²) in [6, 6.07) is 22.9. The summed E-state index contributed by atoms with van der Waals surface area (Å²) in [4.78, 5) is 17.0. The van der Waals surface area contributed by atoms with E-state index >= 15 is 0 Å². The lowest BCUT2D eigenvalue weighted by atomic mass is 10.1. The van der Waals surface area contributed by atoms with Gasteiger partial charge in [0, 0.05) is 18.0 Å². The minimum atomic E-state index is -0.000958. The van der Waals surface area contributed by atoms with Gasteiger partial charge in [-0.2, -0.15) is 0 Å². The summed E-state index contributed by atoms with van der Waals surface area (Å²) in [7, 11) is 0. The van der Waals surface area contributed by atoms with E-state index in [4.69, 9.17) is 32.9 Å². The molecule has 0 saturated carbocycles. The Hall–Kier alpha value is -3.02. The molecule has 4 aromatic rings. The van der Waals surface area contributed by atoms with Crippen LogP contribution < -0.4 is 10.1 Å². The highest BCUT2D eigenvalue weighted by atomic mass is 35.5. The van der Waals surface area contributed by atoms with Crippen molar-refractivity contribution in [3.8, 4) is 5.75 Å². The van der Waals surface area contributed by atoms with Crippen molar-refractivity contribution in [1.29, 1.82) is 0 Å². The first-order valence-electron chi connectivity index (χ1n) is 10.9. The molecule has 0 radical (unpaired) electrons. The van der Waals surface area contributed by atoms with Crippen molar-refractivity contribution < 1.29 is 9.53 Å². The third kappa shape index (κ3) is 6.28. The molecule has 0 saturated heterocycles. The molecule has 0 atom stereocenters. The van der Waals surface area contributed by atoms with Crippen molar-refractivity contribution in [3.63, 3.8) is 0 Å². The number of imidazole rings is 1. The molecule has 0 spiro atoms. The fraction of sp³-hybridized carbons (Fsp3) is 0.231. The molecule has 1 amide bonds. The van der Waals surface area contributed by atoms with E-state index in [0.29, 0.717) is 41.9 Å². The van der Waals surface area contributed by atoms with Crippen LogP contribution in [-0.2, 0) is 24.2 Å². The second-order valence-corrected chi connectivity index (χ2v) is 8.55. The number of aryl methyl sites for hydroxylation is 1.